The number of guanidine groups is 1. The summed E-state index contributed by atoms with van der Waals surface area (Å²) in [6.45, 7) is 3.39. The van der Waals surface area contributed by atoms with Crippen molar-refractivity contribution < 1.29 is 9.21 Å². The van der Waals surface area contributed by atoms with Crippen molar-refractivity contribution in [1.29, 1.82) is 0 Å². The van der Waals surface area contributed by atoms with Crippen LogP contribution in [0.1, 0.15) is 31.1 Å². The van der Waals surface area contributed by atoms with E-state index in [0.29, 0.717) is 13.0 Å². The third kappa shape index (κ3) is 7.90. The molecule has 0 bridgehead atoms. The van der Waals surface area contributed by atoms with E-state index >= 15 is 0 Å². The number of aliphatic imine (C=N–C) groups is 1. The Balaban J connectivity index is 0.00000338. The highest BCUT2D eigenvalue weighted by Crippen LogP contribution is 2.10. The molecule has 0 aliphatic carbocycles. The van der Waals surface area contributed by atoms with Gasteiger partial charge in [-0.2, -0.15) is 0 Å². The molecule has 0 unspecified atom stereocenters. The highest BCUT2D eigenvalue weighted by molar-refractivity contribution is 14.0. The van der Waals surface area contributed by atoms with Crippen LogP contribution in [0.4, 0.5) is 5.69 Å². The molecule has 3 N–H and O–H groups in total. The molecule has 1 aromatic carbocycles. The van der Waals surface area contributed by atoms with Crippen molar-refractivity contribution in [3.8, 4) is 0 Å². The van der Waals surface area contributed by atoms with Crippen molar-refractivity contribution in [3.63, 3.8) is 0 Å². The number of amides is 1. The summed E-state index contributed by atoms with van der Waals surface area (Å²) in [6.07, 6.45) is 3.87. The Kier molecular flexibility index (Phi) is 10.5. The van der Waals surface area contributed by atoms with Gasteiger partial charge in [-0.3, -0.25) is 9.79 Å². The van der Waals surface area contributed by atoms with Crippen molar-refractivity contribution >= 4 is 41.5 Å². The third-order valence-electron chi connectivity index (χ3n) is 3.64. The van der Waals surface area contributed by atoms with E-state index in [1.807, 2.05) is 43.3 Å². The number of anilines is 1. The fourth-order valence-electron chi connectivity index (χ4n) is 2.32. The second kappa shape index (κ2) is 12.3. The number of furan rings is 1. The third-order valence-corrected chi connectivity index (χ3v) is 3.64. The van der Waals surface area contributed by atoms with Gasteiger partial charge in [-0.05, 0) is 36.2 Å². The zero-order valence-corrected chi connectivity index (χ0v) is 17.6. The van der Waals surface area contributed by atoms with Crippen LogP contribution in [0, 0.1) is 0 Å². The van der Waals surface area contributed by atoms with Gasteiger partial charge in [0.15, 0.2) is 5.96 Å². The Bertz CT molecular complexity index is 669. The smallest absolute Gasteiger partial charge is 0.224 e. The van der Waals surface area contributed by atoms with Gasteiger partial charge in [0.25, 0.3) is 0 Å². The molecule has 2 rings (SSSR count). The Hall–Kier alpha value is -2.03. The van der Waals surface area contributed by atoms with Crippen LogP contribution >= 0.6 is 24.0 Å². The summed E-state index contributed by atoms with van der Waals surface area (Å²) in [6, 6.07) is 11.7. The first-order valence-electron chi connectivity index (χ1n) is 8.57. The van der Waals surface area contributed by atoms with Gasteiger partial charge in [-0.1, -0.05) is 19.1 Å². The molecular weight excluding hydrogens is 443 g/mol. The maximum atomic E-state index is 11.6. The number of halogens is 1. The van der Waals surface area contributed by atoms with Gasteiger partial charge in [-0.15, -0.1) is 24.0 Å². The molecule has 142 valence electrons. The molecule has 1 heterocycles. The van der Waals surface area contributed by atoms with Crippen molar-refractivity contribution in [1.82, 2.24) is 10.6 Å². The average Bonchev–Trinajstić information content (AvgIpc) is 3.13. The van der Waals surface area contributed by atoms with Crippen molar-refractivity contribution in [3.05, 3.63) is 54.0 Å². The van der Waals surface area contributed by atoms with Gasteiger partial charge in [0.05, 0.1) is 6.26 Å². The number of carbonyl (C=O) groups is 1. The van der Waals surface area contributed by atoms with Gasteiger partial charge < -0.3 is 20.4 Å². The van der Waals surface area contributed by atoms with Crippen LogP contribution in [0.5, 0.6) is 0 Å². The summed E-state index contributed by atoms with van der Waals surface area (Å²) in [4.78, 5) is 15.8. The zero-order valence-electron chi connectivity index (χ0n) is 15.2. The highest BCUT2D eigenvalue weighted by atomic mass is 127. The molecule has 26 heavy (non-hydrogen) atoms. The van der Waals surface area contributed by atoms with Crippen LogP contribution < -0.4 is 16.0 Å². The van der Waals surface area contributed by atoms with Crippen molar-refractivity contribution in [2.45, 2.75) is 32.7 Å². The Morgan fingerprint density at radius 3 is 2.54 bits per heavy atom. The molecule has 2 aromatic rings. The maximum absolute atomic E-state index is 11.6. The quantitative estimate of drug-likeness (QED) is 0.313. The number of carbonyl (C=O) groups excluding carboxylic acids is 1. The molecule has 0 fully saturated rings. The van der Waals surface area contributed by atoms with Gasteiger partial charge in [-0.25, -0.2) is 0 Å². The summed E-state index contributed by atoms with van der Waals surface area (Å²) in [5, 5.41) is 9.40. The molecule has 1 aromatic heterocycles. The minimum Gasteiger partial charge on any atom is -0.469 e. The van der Waals surface area contributed by atoms with Crippen LogP contribution in [0.2, 0.25) is 0 Å². The maximum Gasteiger partial charge on any atom is 0.224 e. The first-order chi connectivity index (χ1) is 12.2. The number of nitrogens with one attached hydrogen (secondary N) is 3. The summed E-state index contributed by atoms with van der Waals surface area (Å²) < 4.78 is 5.30. The Morgan fingerprint density at radius 2 is 1.92 bits per heavy atom. The van der Waals surface area contributed by atoms with Crippen LogP contribution in [0.25, 0.3) is 0 Å². The van der Waals surface area contributed by atoms with E-state index in [-0.39, 0.29) is 29.9 Å². The van der Waals surface area contributed by atoms with E-state index in [0.717, 1.165) is 42.4 Å². The molecule has 0 aliphatic heterocycles. The van der Waals surface area contributed by atoms with E-state index in [2.05, 4.69) is 20.9 Å². The fourth-order valence-corrected chi connectivity index (χ4v) is 2.32. The summed E-state index contributed by atoms with van der Waals surface area (Å²) >= 11 is 0. The number of hydrogen-bond donors (Lipinski definition) is 3. The predicted octanol–water partition coefficient (Wildman–Crippen LogP) is 3.54. The second-order valence-corrected chi connectivity index (χ2v) is 5.68. The van der Waals surface area contributed by atoms with E-state index < -0.39 is 0 Å². The molecule has 0 saturated heterocycles. The lowest BCUT2D eigenvalue weighted by Crippen LogP contribution is -2.37. The molecule has 0 saturated carbocycles. The van der Waals surface area contributed by atoms with Crippen LogP contribution in [0.3, 0.4) is 0 Å². The number of nitrogens with zero attached hydrogens (tertiary/aromatic N) is 1. The topological polar surface area (TPSA) is 78.7 Å². The Morgan fingerprint density at radius 1 is 1.15 bits per heavy atom. The first kappa shape index (κ1) is 22.0. The van der Waals surface area contributed by atoms with Crippen LogP contribution in [0.15, 0.2) is 52.1 Å². The van der Waals surface area contributed by atoms with E-state index in [4.69, 9.17) is 4.42 Å². The molecule has 0 spiro atoms. The first-order valence-corrected chi connectivity index (χ1v) is 8.57. The molecule has 6 nitrogen and oxygen atoms in total. The summed E-state index contributed by atoms with van der Waals surface area (Å²) in [5.74, 6) is 1.74. The largest absolute Gasteiger partial charge is 0.469 e. The van der Waals surface area contributed by atoms with Gasteiger partial charge in [0.2, 0.25) is 5.91 Å². The molecule has 0 atom stereocenters. The number of hydrogen-bond acceptors (Lipinski definition) is 3. The Labute approximate surface area is 171 Å². The monoisotopic (exact) mass is 470 g/mol. The minimum atomic E-state index is 0. The summed E-state index contributed by atoms with van der Waals surface area (Å²) in [5.41, 5.74) is 1.94. The zero-order chi connectivity index (χ0) is 17.9. The lowest BCUT2D eigenvalue weighted by atomic mass is 10.2. The fraction of sp³-hybridized carbons (Fsp3) is 0.368. The van der Waals surface area contributed by atoms with Gasteiger partial charge >= 0.3 is 0 Å². The molecule has 0 radical (unpaired) electrons. The molecule has 1 amide bonds. The van der Waals surface area contributed by atoms with Crippen molar-refractivity contribution in [2.75, 3.05) is 18.9 Å². The van der Waals surface area contributed by atoms with Crippen LogP contribution in [-0.2, 0) is 17.8 Å². The molecule has 7 heteroatoms. The lowest BCUT2D eigenvalue weighted by molar-refractivity contribution is -0.116. The van der Waals surface area contributed by atoms with Gasteiger partial charge in [0, 0.05) is 38.7 Å². The molecule has 0 aliphatic rings. The van der Waals surface area contributed by atoms with Gasteiger partial charge in [0.1, 0.15) is 5.76 Å². The van der Waals surface area contributed by atoms with Crippen molar-refractivity contribution in [2.24, 2.45) is 4.99 Å². The SMILES string of the molecule is CCCC(=O)Nc1ccc(CNC(=NC)NCCc2ccco2)cc1.I. The highest BCUT2D eigenvalue weighted by Gasteiger charge is 2.02. The second-order valence-electron chi connectivity index (χ2n) is 5.68. The summed E-state index contributed by atoms with van der Waals surface area (Å²) in [7, 11) is 1.74. The van der Waals surface area contributed by atoms with E-state index in [9.17, 15) is 4.79 Å². The minimum absolute atomic E-state index is 0. The predicted molar refractivity (Wildman–Crippen MR) is 116 cm³/mol. The van der Waals surface area contributed by atoms with E-state index in [1.165, 1.54) is 0 Å². The average molecular weight is 470 g/mol. The van der Waals surface area contributed by atoms with E-state index in [1.54, 1.807) is 13.3 Å². The molecular formula is C19H27IN4O2. The van der Waals surface area contributed by atoms with Crippen LogP contribution in [-0.4, -0.2) is 25.5 Å². The number of benzene rings is 1. The number of rotatable bonds is 8. The standard InChI is InChI=1S/C19H26N4O2.HI/c1-3-5-18(24)23-16-9-7-15(8-10-16)14-22-19(20-2)21-12-11-17-6-4-13-25-17;/h4,6-10,13H,3,5,11-12,14H2,1-2H3,(H,23,24)(H2,20,21,22);1H. The normalized spacial score (nSPS) is 10.8. The lowest BCUT2D eigenvalue weighted by Gasteiger charge is -2.12.